The van der Waals surface area contributed by atoms with Crippen LogP contribution in [0.25, 0.3) is 5.82 Å². The first-order chi connectivity index (χ1) is 7.58. The van der Waals surface area contributed by atoms with Crippen LogP contribution in [-0.2, 0) is 0 Å². The predicted molar refractivity (Wildman–Crippen MR) is 65.3 cm³/mol. The maximum absolute atomic E-state index is 10.9. The third kappa shape index (κ3) is 2.14. The largest absolute Gasteiger partial charge is 0.366 e. The first kappa shape index (κ1) is 11.3. The number of hydrogen-bond donors (Lipinski definition) is 1. The smallest absolute Gasteiger partial charge is 0.251 e. The lowest BCUT2D eigenvalue weighted by atomic mass is 10.3. The Morgan fingerprint density at radius 3 is 2.69 bits per heavy atom. The molecule has 0 aliphatic heterocycles. The van der Waals surface area contributed by atoms with Crippen molar-refractivity contribution in [2.45, 2.75) is 0 Å². The van der Waals surface area contributed by atoms with Gasteiger partial charge in [-0.15, -0.1) is 0 Å². The van der Waals surface area contributed by atoms with Crippen molar-refractivity contribution in [2.75, 3.05) is 0 Å². The highest BCUT2D eigenvalue weighted by Gasteiger charge is 2.09. The minimum Gasteiger partial charge on any atom is -0.366 e. The zero-order valence-corrected chi connectivity index (χ0v) is 11.1. The Balaban J connectivity index is 2.46. The molecule has 5 nitrogen and oxygen atoms in total. The van der Waals surface area contributed by atoms with Crippen molar-refractivity contribution < 1.29 is 4.79 Å². The van der Waals surface area contributed by atoms with E-state index < -0.39 is 5.91 Å². The molecule has 0 aromatic carbocycles. The third-order valence-corrected chi connectivity index (χ3v) is 2.89. The van der Waals surface area contributed by atoms with Crippen molar-refractivity contribution in [1.82, 2.24) is 14.8 Å². The second kappa shape index (κ2) is 4.34. The van der Waals surface area contributed by atoms with Crippen LogP contribution in [0.2, 0.25) is 0 Å². The molecule has 2 heterocycles. The highest BCUT2D eigenvalue weighted by molar-refractivity contribution is 9.11. The summed E-state index contributed by atoms with van der Waals surface area (Å²) >= 11 is 6.66. The summed E-state index contributed by atoms with van der Waals surface area (Å²) in [4.78, 5) is 15.1. The van der Waals surface area contributed by atoms with Crippen LogP contribution < -0.4 is 5.73 Å². The van der Waals surface area contributed by atoms with Crippen molar-refractivity contribution in [3.63, 3.8) is 0 Å². The summed E-state index contributed by atoms with van der Waals surface area (Å²) in [5, 5.41) is 4.01. The molecule has 0 saturated carbocycles. The van der Waals surface area contributed by atoms with Crippen LogP contribution in [0.3, 0.4) is 0 Å². The standard InChI is InChI=1S/C9H6Br2N4O/c10-6-1-7(11)9(13-3-6)15-4-5(2-14-15)8(12)16/h1-4H,(H2,12,16). The Labute approximate surface area is 108 Å². The van der Waals surface area contributed by atoms with Crippen molar-refractivity contribution in [3.8, 4) is 5.82 Å². The van der Waals surface area contributed by atoms with Gasteiger partial charge in [-0.25, -0.2) is 9.67 Å². The summed E-state index contributed by atoms with van der Waals surface area (Å²) in [6, 6.07) is 1.84. The topological polar surface area (TPSA) is 73.8 Å². The molecule has 0 aliphatic rings. The van der Waals surface area contributed by atoms with E-state index in [1.54, 1.807) is 6.20 Å². The molecule has 82 valence electrons. The number of carbonyl (C=O) groups is 1. The van der Waals surface area contributed by atoms with Gasteiger partial charge in [0.05, 0.1) is 16.2 Å². The molecule has 2 N–H and O–H groups in total. The van der Waals surface area contributed by atoms with Crippen molar-refractivity contribution in [2.24, 2.45) is 5.73 Å². The lowest BCUT2D eigenvalue weighted by molar-refractivity contribution is 0.100. The van der Waals surface area contributed by atoms with E-state index in [1.807, 2.05) is 6.07 Å². The second-order valence-corrected chi connectivity index (χ2v) is 4.77. The molecule has 0 atom stereocenters. The Morgan fingerprint density at radius 2 is 2.12 bits per heavy atom. The fraction of sp³-hybridized carbons (Fsp3) is 0. The maximum Gasteiger partial charge on any atom is 0.251 e. The Kier molecular flexibility index (Phi) is 3.06. The molecule has 0 unspecified atom stereocenters. The zero-order chi connectivity index (χ0) is 11.7. The summed E-state index contributed by atoms with van der Waals surface area (Å²) in [5.41, 5.74) is 5.48. The molecular weight excluding hydrogens is 340 g/mol. The third-order valence-electron chi connectivity index (χ3n) is 1.87. The first-order valence-electron chi connectivity index (χ1n) is 4.24. The van der Waals surface area contributed by atoms with E-state index in [1.165, 1.54) is 17.1 Å². The number of nitrogens with zero attached hydrogens (tertiary/aromatic N) is 3. The monoisotopic (exact) mass is 344 g/mol. The van der Waals surface area contributed by atoms with Crippen LogP contribution in [0.5, 0.6) is 0 Å². The van der Waals surface area contributed by atoms with Gasteiger partial charge in [-0.3, -0.25) is 4.79 Å². The Hall–Kier alpha value is -1.21. The molecule has 0 fully saturated rings. The van der Waals surface area contributed by atoms with Gasteiger partial charge < -0.3 is 5.73 Å². The summed E-state index contributed by atoms with van der Waals surface area (Å²) in [7, 11) is 0. The van der Waals surface area contributed by atoms with E-state index in [0.717, 1.165) is 8.95 Å². The Bertz CT molecular complexity index is 552. The van der Waals surface area contributed by atoms with Crippen molar-refractivity contribution in [3.05, 3.63) is 39.2 Å². The zero-order valence-electron chi connectivity index (χ0n) is 7.89. The van der Waals surface area contributed by atoms with E-state index in [4.69, 9.17) is 5.73 Å². The molecule has 16 heavy (non-hydrogen) atoms. The number of aromatic nitrogens is 3. The average Bonchev–Trinajstić information content (AvgIpc) is 2.66. The normalized spacial score (nSPS) is 10.4. The summed E-state index contributed by atoms with van der Waals surface area (Å²) < 4.78 is 3.10. The van der Waals surface area contributed by atoms with Gasteiger partial charge in [0, 0.05) is 16.9 Å². The van der Waals surface area contributed by atoms with E-state index in [2.05, 4.69) is 41.9 Å². The fourth-order valence-electron chi connectivity index (χ4n) is 1.14. The molecular formula is C9H6Br2N4O. The van der Waals surface area contributed by atoms with Crippen LogP contribution in [0.4, 0.5) is 0 Å². The molecule has 0 saturated heterocycles. The second-order valence-electron chi connectivity index (χ2n) is 3.00. The molecule has 1 amide bonds. The molecule has 0 spiro atoms. The van der Waals surface area contributed by atoms with Gasteiger partial charge in [-0.2, -0.15) is 5.10 Å². The van der Waals surface area contributed by atoms with E-state index in [-0.39, 0.29) is 0 Å². The van der Waals surface area contributed by atoms with Gasteiger partial charge in [-0.05, 0) is 37.9 Å². The Morgan fingerprint density at radius 1 is 1.38 bits per heavy atom. The number of pyridine rings is 1. The summed E-state index contributed by atoms with van der Waals surface area (Å²) in [6.07, 6.45) is 4.58. The SMILES string of the molecule is NC(=O)c1cnn(-c2ncc(Br)cc2Br)c1. The van der Waals surface area contributed by atoms with Crippen LogP contribution in [0, 0.1) is 0 Å². The van der Waals surface area contributed by atoms with Crippen LogP contribution >= 0.6 is 31.9 Å². The number of hydrogen-bond acceptors (Lipinski definition) is 3. The summed E-state index contributed by atoms with van der Waals surface area (Å²) in [6.45, 7) is 0. The quantitative estimate of drug-likeness (QED) is 0.903. The van der Waals surface area contributed by atoms with E-state index >= 15 is 0 Å². The average molecular weight is 346 g/mol. The fourth-order valence-corrected chi connectivity index (χ4v) is 2.31. The number of nitrogens with two attached hydrogens (primary N) is 1. The first-order valence-corrected chi connectivity index (χ1v) is 5.82. The molecule has 7 heteroatoms. The van der Waals surface area contributed by atoms with Crippen molar-refractivity contribution in [1.29, 1.82) is 0 Å². The van der Waals surface area contributed by atoms with Crippen molar-refractivity contribution >= 4 is 37.8 Å². The minimum atomic E-state index is -0.514. The summed E-state index contributed by atoms with van der Waals surface area (Å²) in [5.74, 6) is 0.0789. The van der Waals surface area contributed by atoms with Gasteiger partial charge in [-0.1, -0.05) is 0 Å². The molecule has 0 aliphatic carbocycles. The van der Waals surface area contributed by atoms with Crippen LogP contribution in [-0.4, -0.2) is 20.7 Å². The minimum absolute atomic E-state index is 0.344. The molecule has 0 radical (unpaired) electrons. The number of halogens is 2. The number of amides is 1. The molecule has 0 bridgehead atoms. The van der Waals surface area contributed by atoms with Gasteiger partial charge in [0.25, 0.3) is 5.91 Å². The lowest BCUT2D eigenvalue weighted by Crippen LogP contribution is -2.09. The van der Waals surface area contributed by atoms with E-state index in [9.17, 15) is 4.79 Å². The maximum atomic E-state index is 10.9. The van der Waals surface area contributed by atoms with Gasteiger partial charge in [0.2, 0.25) is 0 Å². The number of rotatable bonds is 2. The van der Waals surface area contributed by atoms with E-state index in [0.29, 0.717) is 11.4 Å². The highest BCUT2D eigenvalue weighted by atomic mass is 79.9. The van der Waals surface area contributed by atoms with Gasteiger partial charge >= 0.3 is 0 Å². The molecule has 2 aromatic heterocycles. The lowest BCUT2D eigenvalue weighted by Gasteiger charge is -2.02. The predicted octanol–water partition coefficient (Wildman–Crippen LogP) is 1.89. The highest BCUT2D eigenvalue weighted by Crippen LogP contribution is 2.22. The number of carbonyl (C=O) groups excluding carboxylic acids is 1. The van der Waals surface area contributed by atoms with Crippen LogP contribution in [0.1, 0.15) is 10.4 Å². The molecule has 2 aromatic rings. The van der Waals surface area contributed by atoms with Crippen LogP contribution in [0.15, 0.2) is 33.6 Å². The van der Waals surface area contributed by atoms with Gasteiger partial charge in [0.1, 0.15) is 0 Å². The molecule has 2 rings (SSSR count). The number of primary amides is 1. The van der Waals surface area contributed by atoms with Gasteiger partial charge in [0.15, 0.2) is 5.82 Å².